The van der Waals surface area contributed by atoms with E-state index in [1.165, 1.54) is 10.4 Å². The molecule has 2 N–H and O–H groups in total. The van der Waals surface area contributed by atoms with E-state index < -0.39 is 5.54 Å². The Balaban J connectivity index is 1.84. The van der Waals surface area contributed by atoms with Crippen molar-refractivity contribution in [2.45, 2.75) is 50.6 Å². The summed E-state index contributed by atoms with van der Waals surface area (Å²) in [4.78, 5) is 16.1. The Morgan fingerprint density at radius 2 is 2.22 bits per heavy atom. The van der Waals surface area contributed by atoms with Crippen LogP contribution >= 0.6 is 11.3 Å². The van der Waals surface area contributed by atoms with Crippen molar-refractivity contribution in [2.24, 2.45) is 5.73 Å². The molecule has 1 atom stereocenters. The van der Waals surface area contributed by atoms with E-state index in [2.05, 4.69) is 18.4 Å². The average molecular weight is 264 g/mol. The van der Waals surface area contributed by atoms with E-state index in [0.29, 0.717) is 0 Å². The van der Waals surface area contributed by atoms with Gasteiger partial charge in [-0.25, -0.2) is 0 Å². The van der Waals surface area contributed by atoms with Crippen molar-refractivity contribution in [2.75, 3.05) is 6.54 Å². The monoisotopic (exact) mass is 264 g/mol. The third-order valence-electron chi connectivity index (χ3n) is 4.46. The molecule has 1 unspecified atom stereocenters. The molecule has 0 saturated heterocycles. The Labute approximate surface area is 112 Å². The third kappa shape index (κ3) is 1.79. The number of nitrogens with two attached hydrogens (primary N) is 1. The number of hydrogen-bond donors (Lipinski definition) is 1. The van der Waals surface area contributed by atoms with Crippen molar-refractivity contribution in [3.63, 3.8) is 0 Å². The Kier molecular flexibility index (Phi) is 2.94. The predicted octanol–water partition coefficient (Wildman–Crippen LogP) is 2.47. The van der Waals surface area contributed by atoms with Crippen LogP contribution in [0.3, 0.4) is 0 Å². The summed E-state index contributed by atoms with van der Waals surface area (Å²) in [6.07, 6.45) is 4.87. The van der Waals surface area contributed by atoms with Crippen LogP contribution in [-0.2, 0) is 11.2 Å². The number of carbonyl (C=O) groups is 1. The molecule has 1 aliphatic heterocycles. The topological polar surface area (TPSA) is 46.3 Å². The first-order chi connectivity index (χ1) is 8.62. The minimum Gasteiger partial charge on any atom is -0.334 e. The molecule has 18 heavy (non-hydrogen) atoms. The summed E-state index contributed by atoms with van der Waals surface area (Å²) >= 11 is 1.81. The van der Waals surface area contributed by atoms with E-state index >= 15 is 0 Å². The highest BCUT2D eigenvalue weighted by Gasteiger charge is 2.42. The number of hydrogen-bond acceptors (Lipinski definition) is 3. The number of amides is 1. The van der Waals surface area contributed by atoms with Gasteiger partial charge < -0.3 is 10.6 Å². The van der Waals surface area contributed by atoms with Gasteiger partial charge in [-0.1, -0.05) is 12.8 Å². The Morgan fingerprint density at radius 1 is 1.50 bits per heavy atom. The van der Waals surface area contributed by atoms with Gasteiger partial charge in [0.05, 0.1) is 11.6 Å². The standard InChI is InChI=1S/C14H20N2OS/c1-10-11-5-9-18-12(11)4-8-16(10)13(17)14(15)6-2-3-7-14/h5,9-10H,2-4,6-8,15H2,1H3. The van der Waals surface area contributed by atoms with Gasteiger partial charge in [0.15, 0.2) is 0 Å². The van der Waals surface area contributed by atoms with Crippen molar-refractivity contribution >= 4 is 17.2 Å². The molecule has 2 heterocycles. The molecular weight excluding hydrogens is 244 g/mol. The molecule has 4 heteroatoms. The minimum atomic E-state index is -0.582. The Morgan fingerprint density at radius 3 is 2.94 bits per heavy atom. The van der Waals surface area contributed by atoms with Crippen LogP contribution in [0.25, 0.3) is 0 Å². The lowest BCUT2D eigenvalue weighted by atomic mass is 9.93. The highest BCUT2D eigenvalue weighted by atomic mass is 32.1. The smallest absolute Gasteiger partial charge is 0.243 e. The van der Waals surface area contributed by atoms with Crippen LogP contribution in [-0.4, -0.2) is 22.9 Å². The van der Waals surface area contributed by atoms with Crippen LogP contribution in [0, 0.1) is 0 Å². The summed E-state index contributed by atoms with van der Waals surface area (Å²) in [5.41, 5.74) is 7.04. The second-order valence-electron chi connectivity index (χ2n) is 5.59. The first-order valence-electron chi connectivity index (χ1n) is 6.78. The fraction of sp³-hybridized carbons (Fsp3) is 0.643. The maximum Gasteiger partial charge on any atom is 0.243 e. The Hall–Kier alpha value is -0.870. The molecule has 1 fully saturated rings. The van der Waals surface area contributed by atoms with Crippen LogP contribution in [0.15, 0.2) is 11.4 Å². The number of thiophene rings is 1. The number of rotatable bonds is 1. The molecule has 1 saturated carbocycles. The fourth-order valence-electron chi connectivity index (χ4n) is 3.29. The van der Waals surface area contributed by atoms with Crippen LogP contribution in [0.5, 0.6) is 0 Å². The predicted molar refractivity (Wildman–Crippen MR) is 73.5 cm³/mol. The zero-order chi connectivity index (χ0) is 12.8. The molecule has 1 amide bonds. The molecule has 1 aromatic rings. The normalized spacial score (nSPS) is 26.1. The van der Waals surface area contributed by atoms with E-state index in [-0.39, 0.29) is 11.9 Å². The maximum absolute atomic E-state index is 12.7. The van der Waals surface area contributed by atoms with Gasteiger partial charge in [-0.15, -0.1) is 11.3 Å². The first kappa shape index (κ1) is 12.2. The SMILES string of the molecule is CC1c2ccsc2CCN1C(=O)C1(N)CCCC1. The van der Waals surface area contributed by atoms with Crippen LogP contribution in [0.2, 0.25) is 0 Å². The summed E-state index contributed by atoms with van der Waals surface area (Å²) in [6, 6.07) is 2.34. The quantitative estimate of drug-likeness (QED) is 0.847. The van der Waals surface area contributed by atoms with E-state index in [4.69, 9.17) is 5.73 Å². The number of fused-ring (bicyclic) bond motifs is 1. The molecule has 1 aromatic heterocycles. The van der Waals surface area contributed by atoms with Gasteiger partial charge in [-0.3, -0.25) is 4.79 Å². The van der Waals surface area contributed by atoms with Crippen LogP contribution < -0.4 is 5.73 Å². The van der Waals surface area contributed by atoms with Gasteiger partial charge in [0.2, 0.25) is 5.91 Å². The molecule has 3 nitrogen and oxygen atoms in total. The highest BCUT2D eigenvalue weighted by molar-refractivity contribution is 7.10. The van der Waals surface area contributed by atoms with E-state index in [9.17, 15) is 4.79 Å². The molecule has 0 aromatic carbocycles. The van der Waals surface area contributed by atoms with Crippen molar-refractivity contribution in [1.82, 2.24) is 4.90 Å². The van der Waals surface area contributed by atoms with E-state index in [1.54, 1.807) is 11.3 Å². The number of carbonyl (C=O) groups excluding carboxylic acids is 1. The van der Waals surface area contributed by atoms with E-state index in [1.807, 2.05) is 4.90 Å². The molecule has 3 rings (SSSR count). The molecular formula is C14H20N2OS. The molecule has 0 radical (unpaired) electrons. The van der Waals surface area contributed by atoms with Gasteiger partial charge in [0, 0.05) is 11.4 Å². The lowest BCUT2D eigenvalue weighted by Crippen LogP contribution is -2.55. The second-order valence-corrected chi connectivity index (χ2v) is 6.59. The average Bonchev–Trinajstić information content (AvgIpc) is 2.98. The van der Waals surface area contributed by atoms with Gasteiger partial charge in [0.25, 0.3) is 0 Å². The van der Waals surface area contributed by atoms with Gasteiger partial charge in [0.1, 0.15) is 0 Å². The zero-order valence-electron chi connectivity index (χ0n) is 10.8. The summed E-state index contributed by atoms with van der Waals surface area (Å²) in [7, 11) is 0. The largest absolute Gasteiger partial charge is 0.334 e. The summed E-state index contributed by atoms with van der Waals surface area (Å²) in [5, 5.41) is 2.13. The summed E-state index contributed by atoms with van der Waals surface area (Å²) < 4.78 is 0. The van der Waals surface area contributed by atoms with Gasteiger partial charge in [-0.05, 0) is 43.2 Å². The molecule has 98 valence electrons. The van der Waals surface area contributed by atoms with Crippen molar-refractivity contribution < 1.29 is 4.79 Å². The number of nitrogens with zero attached hydrogens (tertiary/aromatic N) is 1. The molecule has 0 spiro atoms. The lowest BCUT2D eigenvalue weighted by Gasteiger charge is -2.38. The zero-order valence-corrected chi connectivity index (χ0v) is 11.6. The molecule has 0 bridgehead atoms. The maximum atomic E-state index is 12.7. The lowest BCUT2D eigenvalue weighted by molar-refractivity contribution is -0.139. The second kappa shape index (κ2) is 4.35. The minimum absolute atomic E-state index is 0.171. The van der Waals surface area contributed by atoms with Gasteiger partial charge in [-0.2, -0.15) is 0 Å². The van der Waals surface area contributed by atoms with Gasteiger partial charge >= 0.3 is 0 Å². The summed E-state index contributed by atoms with van der Waals surface area (Å²) in [6.45, 7) is 2.95. The van der Waals surface area contributed by atoms with Crippen molar-refractivity contribution in [3.05, 3.63) is 21.9 Å². The molecule has 1 aliphatic carbocycles. The van der Waals surface area contributed by atoms with Crippen LogP contribution in [0.1, 0.15) is 49.1 Å². The van der Waals surface area contributed by atoms with Crippen molar-refractivity contribution in [1.29, 1.82) is 0 Å². The first-order valence-corrected chi connectivity index (χ1v) is 7.66. The molecule has 2 aliphatic rings. The summed E-state index contributed by atoms with van der Waals surface area (Å²) in [5.74, 6) is 0.171. The van der Waals surface area contributed by atoms with Crippen LogP contribution in [0.4, 0.5) is 0 Å². The van der Waals surface area contributed by atoms with Crippen molar-refractivity contribution in [3.8, 4) is 0 Å². The Bertz CT molecular complexity index is 462. The fourth-order valence-corrected chi connectivity index (χ4v) is 4.26. The third-order valence-corrected chi connectivity index (χ3v) is 5.46. The highest BCUT2D eigenvalue weighted by Crippen LogP contribution is 2.36. The van der Waals surface area contributed by atoms with E-state index in [0.717, 1.165) is 38.6 Å².